The summed E-state index contributed by atoms with van der Waals surface area (Å²) in [6, 6.07) is 1.28. The highest BCUT2D eigenvalue weighted by molar-refractivity contribution is 5.76. The Labute approximate surface area is 115 Å². The molecule has 5 nitrogen and oxygen atoms in total. The Kier molecular flexibility index (Phi) is 5.60. The van der Waals surface area contributed by atoms with E-state index in [9.17, 15) is 9.90 Å². The van der Waals surface area contributed by atoms with Gasteiger partial charge in [0.1, 0.15) is 0 Å². The quantitative estimate of drug-likeness (QED) is 0.627. The maximum atomic E-state index is 11.8. The van der Waals surface area contributed by atoms with Crippen LogP contribution in [0.2, 0.25) is 0 Å². The summed E-state index contributed by atoms with van der Waals surface area (Å²) < 4.78 is 4.84. The lowest BCUT2D eigenvalue weighted by molar-refractivity contribution is -0.122. The molecule has 2 heterocycles. The Morgan fingerprint density at radius 2 is 2.11 bits per heavy atom. The number of piperidine rings is 1. The van der Waals surface area contributed by atoms with Gasteiger partial charge in [0.25, 0.3) is 0 Å². The van der Waals surface area contributed by atoms with E-state index in [2.05, 4.69) is 10.6 Å². The van der Waals surface area contributed by atoms with Gasteiger partial charge in [-0.25, -0.2) is 0 Å². The third kappa shape index (κ3) is 4.75. The van der Waals surface area contributed by atoms with Crippen LogP contribution >= 0.6 is 0 Å². The fourth-order valence-electron chi connectivity index (χ4n) is 3.33. The molecule has 3 atom stereocenters. The highest BCUT2D eigenvalue weighted by Gasteiger charge is 2.34. The fourth-order valence-corrected chi connectivity index (χ4v) is 3.33. The van der Waals surface area contributed by atoms with E-state index in [1.165, 1.54) is 12.8 Å². The largest absolute Gasteiger partial charge is 0.391 e. The average Bonchev–Trinajstić information content (AvgIpc) is 2.69. The summed E-state index contributed by atoms with van der Waals surface area (Å²) in [4.78, 5) is 11.8. The summed E-state index contributed by atoms with van der Waals surface area (Å²) in [5.74, 6) is 0.651. The number of carbonyl (C=O) groups excluding carboxylic acids is 1. The Morgan fingerprint density at radius 3 is 2.74 bits per heavy atom. The number of carbonyl (C=O) groups is 1. The standard InChI is InChI=1S/C14H26N2O3/c1-19-9-13(17)4-5-15-14(18)8-10-6-11-2-3-12(7-10)16-11/h10-13,16-17H,2-9H2,1H3,(H,15,18). The number of aliphatic hydroxyl groups is 1. The normalized spacial score (nSPS) is 31.2. The highest BCUT2D eigenvalue weighted by Crippen LogP contribution is 2.32. The first-order valence-corrected chi connectivity index (χ1v) is 7.37. The molecular formula is C14H26N2O3. The van der Waals surface area contributed by atoms with E-state index < -0.39 is 6.10 Å². The van der Waals surface area contributed by atoms with Gasteiger partial charge in [-0.05, 0) is 38.0 Å². The van der Waals surface area contributed by atoms with Gasteiger partial charge in [0.15, 0.2) is 0 Å². The van der Waals surface area contributed by atoms with Crippen LogP contribution in [0.1, 0.15) is 38.5 Å². The maximum absolute atomic E-state index is 11.8. The van der Waals surface area contributed by atoms with Crippen LogP contribution in [-0.4, -0.2) is 49.5 Å². The first kappa shape index (κ1) is 14.8. The number of hydrogen-bond donors (Lipinski definition) is 3. The summed E-state index contributed by atoms with van der Waals surface area (Å²) in [6.07, 6.45) is 5.51. The molecule has 1 amide bonds. The summed E-state index contributed by atoms with van der Waals surface area (Å²) in [6.45, 7) is 0.856. The lowest BCUT2D eigenvalue weighted by atomic mass is 9.89. The molecule has 0 radical (unpaired) electrons. The average molecular weight is 270 g/mol. The maximum Gasteiger partial charge on any atom is 0.220 e. The summed E-state index contributed by atoms with van der Waals surface area (Å²) >= 11 is 0. The lowest BCUT2D eigenvalue weighted by Crippen LogP contribution is -2.40. The van der Waals surface area contributed by atoms with Crippen molar-refractivity contribution >= 4 is 5.91 Å². The number of aliphatic hydroxyl groups excluding tert-OH is 1. The molecule has 2 saturated heterocycles. The molecule has 2 rings (SSSR count). The molecule has 2 bridgehead atoms. The molecule has 0 aromatic carbocycles. The molecule has 5 heteroatoms. The molecule has 2 fully saturated rings. The monoisotopic (exact) mass is 270 g/mol. The zero-order chi connectivity index (χ0) is 13.7. The number of hydrogen-bond acceptors (Lipinski definition) is 4. The number of nitrogens with one attached hydrogen (secondary N) is 2. The van der Waals surface area contributed by atoms with Crippen LogP contribution in [0.5, 0.6) is 0 Å². The number of amides is 1. The van der Waals surface area contributed by atoms with Crippen LogP contribution < -0.4 is 10.6 Å². The Bertz CT molecular complexity index is 286. The Balaban J connectivity index is 1.59. The van der Waals surface area contributed by atoms with Crippen molar-refractivity contribution in [3.8, 4) is 0 Å². The Hall–Kier alpha value is -0.650. The van der Waals surface area contributed by atoms with E-state index >= 15 is 0 Å². The van der Waals surface area contributed by atoms with Crippen LogP contribution in [0.25, 0.3) is 0 Å². The van der Waals surface area contributed by atoms with Crippen molar-refractivity contribution in [3.05, 3.63) is 0 Å². The van der Waals surface area contributed by atoms with E-state index in [0.29, 0.717) is 44.0 Å². The molecule has 3 N–H and O–H groups in total. The van der Waals surface area contributed by atoms with E-state index in [4.69, 9.17) is 4.74 Å². The minimum absolute atomic E-state index is 0.121. The Morgan fingerprint density at radius 1 is 1.42 bits per heavy atom. The molecule has 2 aliphatic heterocycles. The molecule has 19 heavy (non-hydrogen) atoms. The van der Waals surface area contributed by atoms with Crippen LogP contribution in [0, 0.1) is 5.92 Å². The van der Waals surface area contributed by atoms with Crippen LogP contribution in [-0.2, 0) is 9.53 Å². The first-order valence-electron chi connectivity index (χ1n) is 7.37. The zero-order valence-corrected chi connectivity index (χ0v) is 11.7. The zero-order valence-electron chi connectivity index (χ0n) is 11.7. The number of rotatable bonds is 7. The van der Waals surface area contributed by atoms with Crippen molar-refractivity contribution < 1.29 is 14.6 Å². The molecule has 0 aliphatic carbocycles. The number of ether oxygens (including phenoxy) is 1. The van der Waals surface area contributed by atoms with E-state index in [1.807, 2.05) is 0 Å². The molecule has 0 aromatic heterocycles. The number of fused-ring (bicyclic) bond motifs is 2. The molecule has 0 saturated carbocycles. The predicted octanol–water partition coefficient (Wildman–Crippen LogP) is 0.421. The van der Waals surface area contributed by atoms with Crippen LogP contribution in [0.15, 0.2) is 0 Å². The smallest absolute Gasteiger partial charge is 0.220 e. The minimum atomic E-state index is -0.486. The molecule has 2 aliphatic rings. The van der Waals surface area contributed by atoms with Crippen molar-refractivity contribution in [2.24, 2.45) is 5.92 Å². The first-order chi connectivity index (χ1) is 9.17. The van der Waals surface area contributed by atoms with Crippen molar-refractivity contribution in [2.45, 2.75) is 56.7 Å². The van der Waals surface area contributed by atoms with Crippen LogP contribution in [0.3, 0.4) is 0 Å². The van der Waals surface area contributed by atoms with Gasteiger partial charge in [-0.3, -0.25) is 4.79 Å². The van der Waals surface area contributed by atoms with Gasteiger partial charge in [-0.2, -0.15) is 0 Å². The van der Waals surface area contributed by atoms with Crippen LogP contribution in [0.4, 0.5) is 0 Å². The molecule has 110 valence electrons. The molecule has 0 aromatic rings. The summed E-state index contributed by atoms with van der Waals surface area (Å²) in [5, 5.41) is 16.0. The molecule has 3 unspecified atom stereocenters. The third-order valence-corrected chi connectivity index (χ3v) is 4.20. The lowest BCUT2D eigenvalue weighted by Gasteiger charge is -2.28. The van der Waals surface area contributed by atoms with Gasteiger partial charge < -0.3 is 20.5 Å². The second-order valence-corrected chi connectivity index (χ2v) is 5.93. The second-order valence-electron chi connectivity index (χ2n) is 5.93. The van der Waals surface area contributed by atoms with Gasteiger partial charge in [0.2, 0.25) is 5.91 Å². The van der Waals surface area contributed by atoms with E-state index in [0.717, 1.165) is 12.8 Å². The van der Waals surface area contributed by atoms with Gasteiger partial charge in [-0.15, -0.1) is 0 Å². The number of methoxy groups -OCH3 is 1. The minimum Gasteiger partial charge on any atom is -0.391 e. The SMILES string of the molecule is COCC(O)CCNC(=O)CC1CC2CCC(C1)N2. The third-order valence-electron chi connectivity index (χ3n) is 4.20. The molecule has 0 spiro atoms. The van der Waals surface area contributed by atoms with Gasteiger partial charge >= 0.3 is 0 Å². The second kappa shape index (κ2) is 7.22. The van der Waals surface area contributed by atoms with E-state index in [1.54, 1.807) is 7.11 Å². The van der Waals surface area contributed by atoms with E-state index in [-0.39, 0.29) is 5.91 Å². The van der Waals surface area contributed by atoms with Crippen molar-refractivity contribution in [1.29, 1.82) is 0 Å². The van der Waals surface area contributed by atoms with Crippen molar-refractivity contribution in [3.63, 3.8) is 0 Å². The fraction of sp³-hybridized carbons (Fsp3) is 0.929. The summed E-state index contributed by atoms with van der Waals surface area (Å²) in [7, 11) is 1.56. The molecular weight excluding hydrogens is 244 g/mol. The van der Waals surface area contributed by atoms with Crippen molar-refractivity contribution in [1.82, 2.24) is 10.6 Å². The van der Waals surface area contributed by atoms with Gasteiger partial charge in [0, 0.05) is 32.2 Å². The summed E-state index contributed by atoms with van der Waals surface area (Å²) in [5.41, 5.74) is 0. The van der Waals surface area contributed by atoms with Gasteiger partial charge in [0.05, 0.1) is 12.7 Å². The highest BCUT2D eigenvalue weighted by atomic mass is 16.5. The predicted molar refractivity (Wildman–Crippen MR) is 72.8 cm³/mol. The topological polar surface area (TPSA) is 70.6 Å². The van der Waals surface area contributed by atoms with Gasteiger partial charge in [-0.1, -0.05) is 0 Å². The van der Waals surface area contributed by atoms with Crippen molar-refractivity contribution in [2.75, 3.05) is 20.3 Å².